The summed E-state index contributed by atoms with van der Waals surface area (Å²) in [4.78, 5) is 0. The van der Waals surface area contributed by atoms with Crippen LogP contribution in [0.15, 0.2) is 0 Å². The highest BCUT2D eigenvalue weighted by molar-refractivity contribution is 4.73. The summed E-state index contributed by atoms with van der Waals surface area (Å²) in [5.74, 6) is 0. The van der Waals surface area contributed by atoms with Crippen molar-refractivity contribution >= 4 is 0 Å². The Morgan fingerprint density at radius 2 is 0.818 bits per heavy atom. The molecule has 0 unspecified atom stereocenters. The molecule has 0 heterocycles. The summed E-state index contributed by atoms with van der Waals surface area (Å²) in [6.45, 7) is 12.9. The summed E-state index contributed by atoms with van der Waals surface area (Å²) < 4.78 is 0. The van der Waals surface area contributed by atoms with E-state index in [0.29, 0.717) is 12.1 Å². The molecule has 0 amide bonds. The summed E-state index contributed by atoms with van der Waals surface area (Å²) >= 11 is 0. The molecular weight excluding hydrogens is 268 g/mol. The van der Waals surface area contributed by atoms with Gasteiger partial charge in [0.25, 0.3) is 0 Å². The first-order valence-electron chi connectivity index (χ1n) is 10.1. The van der Waals surface area contributed by atoms with Gasteiger partial charge in [-0.25, -0.2) is 0 Å². The van der Waals surface area contributed by atoms with Gasteiger partial charge in [0.1, 0.15) is 0 Å². The average molecular weight is 313 g/mol. The van der Waals surface area contributed by atoms with Gasteiger partial charge >= 0.3 is 0 Å². The number of nitrogens with one attached hydrogen (secondary N) is 2. The van der Waals surface area contributed by atoms with Crippen LogP contribution in [0.1, 0.15) is 106 Å². The van der Waals surface area contributed by atoms with E-state index in [4.69, 9.17) is 0 Å². The van der Waals surface area contributed by atoms with Gasteiger partial charge in [0.2, 0.25) is 0 Å². The van der Waals surface area contributed by atoms with Crippen LogP contribution in [0.25, 0.3) is 0 Å². The minimum absolute atomic E-state index is 0.670. The molecule has 2 saturated carbocycles. The summed E-state index contributed by atoms with van der Waals surface area (Å²) in [5.41, 5.74) is 0. The van der Waals surface area contributed by atoms with Crippen molar-refractivity contribution in [1.29, 1.82) is 0 Å². The summed E-state index contributed by atoms with van der Waals surface area (Å²) in [5, 5.41) is 7.16. The van der Waals surface area contributed by atoms with Crippen LogP contribution in [0.3, 0.4) is 0 Å². The standard InChI is InChI=1S/2C9H19N.C2H6/c2*1-8(2)10-9-6-4-3-5-7-9;1-2/h2*8-10H,3-7H2,1-2H3;1-2H3. The molecule has 134 valence electrons. The van der Waals surface area contributed by atoms with E-state index < -0.39 is 0 Å². The van der Waals surface area contributed by atoms with Gasteiger partial charge in [0.05, 0.1) is 0 Å². The van der Waals surface area contributed by atoms with Gasteiger partial charge in [-0.2, -0.15) is 0 Å². The van der Waals surface area contributed by atoms with Crippen LogP contribution in [0.5, 0.6) is 0 Å². The van der Waals surface area contributed by atoms with E-state index in [9.17, 15) is 0 Å². The van der Waals surface area contributed by atoms with Crippen molar-refractivity contribution in [3.8, 4) is 0 Å². The molecule has 2 N–H and O–H groups in total. The molecule has 0 aromatic carbocycles. The predicted molar refractivity (Wildman–Crippen MR) is 102 cm³/mol. The van der Waals surface area contributed by atoms with E-state index >= 15 is 0 Å². The van der Waals surface area contributed by atoms with E-state index in [2.05, 4.69) is 38.3 Å². The van der Waals surface area contributed by atoms with Crippen molar-refractivity contribution in [3.05, 3.63) is 0 Å². The quantitative estimate of drug-likeness (QED) is 0.700. The van der Waals surface area contributed by atoms with Gasteiger partial charge in [-0.05, 0) is 25.7 Å². The summed E-state index contributed by atoms with van der Waals surface area (Å²) in [6.07, 6.45) is 14.3. The SMILES string of the molecule is CC.CC(C)NC1CCCCC1.CC(C)NC1CCCCC1. The number of hydrogen-bond donors (Lipinski definition) is 2. The maximum Gasteiger partial charge on any atom is 0.00694 e. The van der Waals surface area contributed by atoms with Crippen LogP contribution in [0.2, 0.25) is 0 Å². The zero-order chi connectivity index (χ0) is 16.8. The molecule has 2 aliphatic rings. The lowest BCUT2D eigenvalue weighted by atomic mass is 9.95. The van der Waals surface area contributed by atoms with Gasteiger partial charge in [-0.1, -0.05) is 80.1 Å². The molecule has 2 nitrogen and oxygen atoms in total. The summed E-state index contributed by atoms with van der Waals surface area (Å²) in [7, 11) is 0. The minimum atomic E-state index is 0.670. The third-order valence-electron chi connectivity index (χ3n) is 4.35. The highest BCUT2D eigenvalue weighted by Crippen LogP contribution is 2.18. The Hall–Kier alpha value is -0.0800. The zero-order valence-electron chi connectivity index (χ0n) is 16.4. The molecule has 2 heteroatoms. The second kappa shape index (κ2) is 14.5. The van der Waals surface area contributed by atoms with E-state index in [0.717, 1.165) is 12.1 Å². The maximum atomic E-state index is 3.58. The number of hydrogen-bond acceptors (Lipinski definition) is 2. The van der Waals surface area contributed by atoms with Gasteiger partial charge in [0.15, 0.2) is 0 Å². The van der Waals surface area contributed by atoms with Crippen LogP contribution in [0, 0.1) is 0 Å². The molecule has 0 aliphatic heterocycles. The minimum Gasteiger partial charge on any atom is -0.312 e. The highest BCUT2D eigenvalue weighted by Gasteiger charge is 2.13. The Kier molecular flexibility index (Phi) is 14.5. The van der Waals surface area contributed by atoms with Crippen molar-refractivity contribution in [1.82, 2.24) is 10.6 Å². The fourth-order valence-corrected chi connectivity index (χ4v) is 3.48. The Balaban J connectivity index is 0.000000360. The predicted octanol–water partition coefficient (Wildman–Crippen LogP) is 5.66. The van der Waals surface area contributed by atoms with Crippen molar-refractivity contribution in [3.63, 3.8) is 0 Å². The Morgan fingerprint density at radius 1 is 0.545 bits per heavy atom. The molecule has 0 radical (unpaired) electrons. The summed E-state index contributed by atoms with van der Waals surface area (Å²) in [6, 6.07) is 2.99. The lowest BCUT2D eigenvalue weighted by molar-refractivity contribution is 0.352. The highest BCUT2D eigenvalue weighted by atomic mass is 14.9. The van der Waals surface area contributed by atoms with Crippen molar-refractivity contribution in [2.75, 3.05) is 0 Å². The first-order chi connectivity index (χ1) is 10.6. The van der Waals surface area contributed by atoms with E-state index in [-0.39, 0.29) is 0 Å². The molecule has 0 spiro atoms. The second-order valence-corrected chi connectivity index (χ2v) is 7.31. The third-order valence-corrected chi connectivity index (χ3v) is 4.35. The van der Waals surface area contributed by atoms with Gasteiger partial charge in [-0.3, -0.25) is 0 Å². The monoisotopic (exact) mass is 312 g/mol. The Labute approximate surface area is 141 Å². The van der Waals surface area contributed by atoms with Gasteiger partial charge < -0.3 is 10.6 Å². The Bertz CT molecular complexity index is 190. The van der Waals surface area contributed by atoms with Crippen molar-refractivity contribution in [2.45, 2.75) is 130 Å². The lowest BCUT2D eigenvalue weighted by Crippen LogP contribution is -2.35. The van der Waals surface area contributed by atoms with Gasteiger partial charge in [-0.15, -0.1) is 0 Å². The first-order valence-corrected chi connectivity index (χ1v) is 10.1. The van der Waals surface area contributed by atoms with Crippen LogP contribution >= 0.6 is 0 Å². The molecule has 2 aliphatic carbocycles. The van der Waals surface area contributed by atoms with Crippen LogP contribution < -0.4 is 10.6 Å². The fraction of sp³-hybridized carbons (Fsp3) is 1.00. The lowest BCUT2D eigenvalue weighted by Gasteiger charge is -2.24. The molecule has 0 saturated heterocycles. The van der Waals surface area contributed by atoms with Crippen molar-refractivity contribution < 1.29 is 0 Å². The van der Waals surface area contributed by atoms with Crippen LogP contribution in [-0.2, 0) is 0 Å². The fourth-order valence-electron chi connectivity index (χ4n) is 3.48. The molecule has 2 fully saturated rings. The second-order valence-electron chi connectivity index (χ2n) is 7.31. The molecular formula is C20H44N2. The topological polar surface area (TPSA) is 24.1 Å². The molecule has 0 bridgehead atoms. The molecule has 0 aromatic rings. The normalized spacial score (nSPS) is 20.2. The smallest absolute Gasteiger partial charge is 0.00694 e. The molecule has 2 rings (SSSR count). The van der Waals surface area contributed by atoms with Crippen molar-refractivity contribution in [2.24, 2.45) is 0 Å². The van der Waals surface area contributed by atoms with Crippen LogP contribution in [-0.4, -0.2) is 24.2 Å². The first kappa shape index (κ1) is 21.9. The molecule has 22 heavy (non-hydrogen) atoms. The largest absolute Gasteiger partial charge is 0.312 e. The van der Waals surface area contributed by atoms with Gasteiger partial charge in [0, 0.05) is 24.2 Å². The van der Waals surface area contributed by atoms with E-state index in [1.54, 1.807) is 0 Å². The van der Waals surface area contributed by atoms with Crippen LogP contribution in [0.4, 0.5) is 0 Å². The molecule has 0 atom stereocenters. The maximum absolute atomic E-state index is 3.58. The Morgan fingerprint density at radius 3 is 1.05 bits per heavy atom. The van der Waals surface area contributed by atoms with E-state index in [1.807, 2.05) is 13.8 Å². The average Bonchev–Trinajstić information content (AvgIpc) is 2.51. The number of rotatable bonds is 4. The van der Waals surface area contributed by atoms with E-state index in [1.165, 1.54) is 64.2 Å². The third kappa shape index (κ3) is 12.5. The zero-order valence-corrected chi connectivity index (χ0v) is 16.4. The molecule has 0 aromatic heterocycles.